The third-order valence-electron chi connectivity index (χ3n) is 4.13. The Kier molecular flexibility index (Phi) is 5.44. The molecule has 0 aliphatic carbocycles. The molecule has 1 aromatic heterocycles. The summed E-state index contributed by atoms with van der Waals surface area (Å²) in [5.74, 6) is 0.500. The number of nitrogens with zero attached hydrogens (tertiary/aromatic N) is 2. The van der Waals surface area contributed by atoms with E-state index in [0.717, 1.165) is 24.0 Å². The second-order valence-electron chi connectivity index (χ2n) is 7.56. The molecule has 6 heteroatoms. The number of likely N-dealkylation sites (tertiary alicyclic amines) is 1. The molecule has 142 valence electrons. The van der Waals surface area contributed by atoms with Gasteiger partial charge in [0.15, 0.2) is 0 Å². The molecule has 27 heavy (non-hydrogen) atoms. The second-order valence-corrected chi connectivity index (χ2v) is 7.56. The molecule has 1 aliphatic rings. The number of carbonyl (C=O) groups excluding carboxylic acids is 2. The van der Waals surface area contributed by atoms with Crippen LogP contribution in [0.3, 0.4) is 0 Å². The molecule has 0 spiro atoms. The summed E-state index contributed by atoms with van der Waals surface area (Å²) < 4.78 is 11.4. The highest BCUT2D eigenvalue weighted by Crippen LogP contribution is 2.23. The number of aldehydes is 1. The maximum Gasteiger partial charge on any atom is 0.410 e. The van der Waals surface area contributed by atoms with E-state index in [-0.39, 0.29) is 12.2 Å². The molecule has 1 saturated heterocycles. The Morgan fingerprint density at radius 1 is 1.22 bits per heavy atom. The van der Waals surface area contributed by atoms with Crippen molar-refractivity contribution in [1.82, 2.24) is 9.88 Å². The van der Waals surface area contributed by atoms with Gasteiger partial charge in [-0.15, -0.1) is 0 Å². The van der Waals surface area contributed by atoms with Gasteiger partial charge >= 0.3 is 6.09 Å². The maximum absolute atomic E-state index is 12.2. The molecule has 2 heterocycles. The van der Waals surface area contributed by atoms with E-state index < -0.39 is 5.60 Å². The SMILES string of the molecule is CC(C)(C)OC(=O)N1CC[C@H](Oc2cccc(-c3cccc(C=O)c3)n2)C1. The fourth-order valence-electron chi connectivity index (χ4n) is 2.90. The average Bonchev–Trinajstić information content (AvgIpc) is 3.09. The largest absolute Gasteiger partial charge is 0.472 e. The van der Waals surface area contributed by atoms with Gasteiger partial charge in [0.2, 0.25) is 5.88 Å². The Balaban J connectivity index is 1.65. The standard InChI is InChI=1S/C21H24N2O4/c1-21(2,3)27-20(25)23-11-10-17(13-23)26-19-9-5-8-18(22-19)16-7-4-6-15(12-16)14-24/h4-9,12,14,17H,10-11,13H2,1-3H3/t17-/m0/s1. The first-order valence-electron chi connectivity index (χ1n) is 9.01. The van der Waals surface area contributed by atoms with Crippen LogP contribution in [-0.4, -0.2) is 47.1 Å². The van der Waals surface area contributed by atoms with Gasteiger partial charge in [0.1, 0.15) is 18.0 Å². The Labute approximate surface area is 159 Å². The van der Waals surface area contributed by atoms with Gasteiger partial charge in [0, 0.05) is 30.2 Å². The van der Waals surface area contributed by atoms with Crippen molar-refractivity contribution in [1.29, 1.82) is 0 Å². The minimum atomic E-state index is -0.512. The van der Waals surface area contributed by atoms with E-state index in [4.69, 9.17) is 9.47 Å². The van der Waals surface area contributed by atoms with Crippen LogP contribution >= 0.6 is 0 Å². The minimum Gasteiger partial charge on any atom is -0.472 e. The fraction of sp³-hybridized carbons (Fsp3) is 0.381. The van der Waals surface area contributed by atoms with Crippen molar-refractivity contribution in [2.75, 3.05) is 13.1 Å². The number of ether oxygens (including phenoxy) is 2. The number of benzene rings is 1. The highest BCUT2D eigenvalue weighted by atomic mass is 16.6. The number of pyridine rings is 1. The molecule has 2 aromatic rings. The number of aromatic nitrogens is 1. The van der Waals surface area contributed by atoms with Gasteiger partial charge in [0.05, 0.1) is 12.2 Å². The first kappa shape index (κ1) is 18.9. The summed E-state index contributed by atoms with van der Waals surface area (Å²) >= 11 is 0. The molecule has 0 unspecified atom stereocenters. The van der Waals surface area contributed by atoms with Crippen LogP contribution in [0.4, 0.5) is 4.79 Å². The maximum atomic E-state index is 12.2. The van der Waals surface area contributed by atoms with Crippen LogP contribution < -0.4 is 4.74 Å². The van der Waals surface area contributed by atoms with Crippen LogP contribution in [0, 0.1) is 0 Å². The van der Waals surface area contributed by atoms with E-state index in [1.54, 1.807) is 23.1 Å². The molecule has 1 aliphatic heterocycles. The molecule has 1 fully saturated rings. The van der Waals surface area contributed by atoms with Crippen LogP contribution in [-0.2, 0) is 4.74 Å². The Morgan fingerprint density at radius 3 is 2.74 bits per heavy atom. The number of hydrogen-bond donors (Lipinski definition) is 0. The second kappa shape index (κ2) is 7.78. The van der Waals surface area contributed by atoms with Gasteiger partial charge in [-0.1, -0.05) is 24.3 Å². The van der Waals surface area contributed by atoms with Crippen molar-refractivity contribution in [3.63, 3.8) is 0 Å². The zero-order chi connectivity index (χ0) is 19.4. The summed E-state index contributed by atoms with van der Waals surface area (Å²) in [5, 5.41) is 0. The number of rotatable bonds is 4. The first-order chi connectivity index (χ1) is 12.8. The van der Waals surface area contributed by atoms with Crippen LogP contribution in [0.15, 0.2) is 42.5 Å². The highest BCUT2D eigenvalue weighted by molar-refractivity contribution is 5.78. The molecule has 6 nitrogen and oxygen atoms in total. The van der Waals surface area contributed by atoms with E-state index in [1.165, 1.54) is 0 Å². The molecule has 1 atom stereocenters. The van der Waals surface area contributed by atoms with Gasteiger partial charge in [-0.25, -0.2) is 9.78 Å². The fourth-order valence-corrected chi connectivity index (χ4v) is 2.90. The van der Waals surface area contributed by atoms with Crippen molar-refractivity contribution in [3.05, 3.63) is 48.0 Å². The lowest BCUT2D eigenvalue weighted by Gasteiger charge is -2.24. The van der Waals surface area contributed by atoms with Gasteiger partial charge in [0.25, 0.3) is 0 Å². The quantitative estimate of drug-likeness (QED) is 0.765. The van der Waals surface area contributed by atoms with E-state index >= 15 is 0 Å². The third-order valence-corrected chi connectivity index (χ3v) is 4.13. The van der Waals surface area contributed by atoms with Crippen LogP contribution in [0.1, 0.15) is 37.6 Å². The Morgan fingerprint density at radius 2 is 2.00 bits per heavy atom. The summed E-state index contributed by atoms with van der Waals surface area (Å²) in [5.41, 5.74) is 1.68. The van der Waals surface area contributed by atoms with E-state index in [1.807, 2.05) is 45.0 Å². The first-order valence-corrected chi connectivity index (χ1v) is 9.01. The molecular formula is C21H24N2O4. The molecule has 0 N–H and O–H groups in total. The van der Waals surface area contributed by atoms with Crippen LogP contribution in [0.2, 0.25) is 0 Å². The van der Waals surface area contributed by atoms with E-state index in [9.17, 15) is 9.59 Å². The van der Waals surface area contributed by atoms with Crippen molar-refractivity contribution >= 4 is 12.4 Å². The summed E-state index contributed by atoms with van der Waals surface area (Å²) in [6.07, 6.45) is 1.10. The Hall–Kier alpha value is -2.89. The predicted molar refractivity (Wildman–Crippen MR) is 102 cm³/mol. The van der Waals surface area contributed by atoms with Crippen molar-refractivity contribution in [3.8, 4) is 17.1 Å². The van der Waals surface area contributed by atoms with E-state index in [0.29, 0.717) is 24.5 Å². The summed E-state index contributed by atoms with van der Waals surface area (Å²) in [7, 11) is 0. The highest BCUT2D eigenvalue weighted by Gasteiger charge is 2.31. The number of hydrogen-bond acceptors (Lipinski definition) is 5. The molecule has 1 aromatic carbocycles. The lowest BCUT2D eigenvalue weighted by molar-refractivity contribution is 0.0275. The number of amides is 1. The van der Waals surface area contributed by atoms with Gasteiger partial charge in [-0.3, -0.25) is 4.79 Å². The minimum absolute atomic E-state index is 0.124. The molecule has 0 bridgehead atoms. The lowest BCUT2D eigenvalue weighted by Crippen LogP contribution is -2.36. The van der Waals surface area contributed by atoms with Crippen LogP contribution in [0.5, 0.6) is 5.88 Å². The predicted octanol–water partition coefficient (Wildman–Crippen LogP) is 3.95. The topological polar surface area (TPSA) is 68.7 Å². The van der Waals surface area contributed by atoms with Gasteiger partial charge in [-0.2, -0.15) is 0 Å². The smallest absolute Gasteiger partial charge is 0.410 e. The normalized spacial score (nSPS) is 16.9. The van der Waals surface area contributed by atoms with Crippen LogP contribution in [0.25, 0.3) is 11.3 Å². The molecule has 0 saturated carbocycles. The molecule has 1 amide bonds. The summed E-state index contributed by atoms with van der Waals surface area (Å²) in [4.78, 5) is 29.3. The van der Waals surface area contributed by atoms with Crippen molar-refractivity contribution in [2.24, 2.45) is 0 Å². The molecular weight excluding hydrogens is 344 g/mol. The van der Waals surface area contributed by atoms with Crippen molar-refractivity contribution in [2.45, 2.75) is 38.9 Å². The van der Waals surface area contributed by atoms with Crippen molar-refractivity contribution < 1.29 is 19.1 Å². The zero-order valence-corrected chi connectivity index (χ0v) is 15.8. The van der Waals surface area contributed by atoms with Gasteiger partial charge < -0.3 is 14.4 Å². The number of carbonyl (C=O) groups is 2. The Bertz CT molecular complexity index is 829. The lowest BCUT2D eigenvalue weighted by atomic mass is 10.1. The molecule has 3 rings (SSSR count). The summed E-state index contributed by atoms with van der Waals surface area (Å²) in [6, 6.07) is 12.8. The average molecular weight is 368 g/mol. The summed E-state index contributed by atoms with van der Waals surface area (Å²) in [6.45, 7) is 6.63. The third kappa shape index (κ3) is 5.06. The molecule has 0 radical (unpaired) electrons. The monoisotopic (exact) mass is 368 g/mol. The van der Waals surface area contributed by atoms with Gasteiger partial charge in [-0.05, 0) is 32.9 Å². The zero-order valence-electron chi connectivity index (χ0n) is 15.8. The van der Waals surface area contributed by atoms with E-state index in [2.05, 4.69) is 4.98 Å².